The number of nitrogens with zero attached hydrogens (tertiary/aromatic N) is 2. The van der Waals surface area contributed by atoms with Crippen molar-refractivity contribution in [3.63, 3.8) is 0 Å². The SMILES string of the molecule is COc1cccc(/C=N\Nc2nc3ccccc3s2)c1OC. The summed E-state index contributed by atoms with van der Waals surface area (Å²) in [6.45, 7) is 0. The van der Waals surface area contributed by atoms with Gasteiger partial charge in [0.25, 0.3) is 0 Å². The van der Waals surface area contributed by atoms with Crippen molar-refractivity contribution in [1.29, 1.82) is 0 Å². The number of hydrogen-bond acceptors (Lipinski definition) is 6. The molecule has 112 valence electrons. The third-order valence-electron chi connectivity index (χ3n) is 3.09. The van der Waals surface area contributed by atoms with Crippen molar-refractivity contribution in [3.8, 4) is 11.5 Å². The molecule has 1 N–H and O–H groups in total. The third-order valence-corrected chi connectivity index (χ3v) is 4.03. The highest BCUT2D eigenvalue weighted by Gasteiger charge is 2.07. The number of thiazole rings is 1. The Balaban J connectivity index is 1.80. The van der Waals surface area contributed by atoms with E-state index in [1.54, 1.807) is 31.8 Å². The molecule has 0 radical (unpaired) electrons. The third kappa shape index (κ3) is 2.87. The lowest BCUT2D eigenvalue weighted by Gasteiger charge is -2.09. The molecule has 0 atom stereocenters. The Morgan fingerprint density at radius 3 is 2.73 bits per heavy atom. The molecule has 22 heavy (non-hydrogen) atoms. The maximum Gasteiger partial charge on any atom is 0.204 e. The van der Waals surface area contributed by atoms with Gasteiger partial charge in [-0.05, 0) is 24.3 Å². The van der Waals surface area contributed by atoms with Gasteiger partial charge in [-0.25, -0.2) is 4.98 Å². The van der Waals surface area contributed by atoms with E-state index in [2.05, 4.69) is 15.5 Å². The first kappa shape index (κ1) is 14.3. The lowest BCUT2D eigenvalue weighted by atomic mass is 10.2. The largest absolute Gasteiger partial charge is 0.493 e. The molecule has 0 aliphatic rings. The zero-order chi connectivity index (χ0) is 15.4. The second-order valence-electron chi connectivity index (χ2n) is 4.44. The summed E-state index contributed by atoms with van der Waals surface area (Å²) in [7, 11) is 3.22. The number of rotatable bonds is 5. The van der Waals surface area contributed by atoms with E-state index in [4.69, 9.17) is 9.47 Å². The minimum atomic E-state index is 0.653. The molecule has 0 amide bonds. The van der Waals surface area contributed by atoms with Crippen LogP contribution in [-0.2, 0) is 0 Å². The molecule has 0 saturated carbocycles. The first-order chi connectivity index (χ1) is 10.8. The van der Waals surface area contributed by atoms with Crippen LogP contribution < -0.4 is 14.9 Å². The molecule has 0 fully saturated rings. The molecule has 1 aromatic heterocycles. The zero-order valence-electron chi connectivity index (χ0n) is 12.2. The Morgan fingerprint density at radius 2 is 1.95 bits per heavy atom. The van der Waals surface area contributed by atoms with Crippen LogP contribution in [0.4, 0.5) is 5.13 Å². The standard InChI is InChI=1S/C16H15N3O2S/c1-20-13-8-5-6-11(15(13)21-2)10-17-19-16-18-12-7-3-4-9-14(12)22-16/h3-10H,1-2H3,(H,18,19)/b17-10-. The van der Waals surface area contributed by atoms with Gasteiger partial charge >= 0.3 is 0 Å². The molecule has 0 unspecified atom stereocenters. The van der Waals surface area contributed by atoms with Gasteiger partial charge in [0.1, 0.15) is 0 Å². The van der Waals surface area contributed by atoms with Crippen molar-refractivity contribution in [2.24, 2.45) is 5.10 Å². The molecule has 1 heterocycles. The lowest BCUT2D eigenvalue weighted by molar-refractivity contribution is 0.354. The van der Waals surface area contributed by atoms with E-state index in [0.717, 1.165) is 20.9 Å². The van der Waals surface area contributed by atoms with Gasteiger partial charge in [-0.2, -0.15) is 5.10 Å². The minimum Gasteiger partial charge on any atom is -0.493 e. The Labute approximate surface area is 132 Å². The number of hydrazone groups is 1. The number of ether oxygens (including phenoxy) is 2. The number of methoxy groups -OCH3 is 2. The maximum absolute atomic E-state index is 5.36. The highest BCUT2D eigenvalue weighted by Crippen LogP contribution is 2.29. The molecule has 3 rings (SSSR count). The van der Waals surface area contributed by atoms with Gasteiger partial charge in [-0.3, -0.25) is 5.43 Å². The summed E-state index contributed by atoms with van der Waals surface area (Å²) in [6, 6.07) is 13.6. The lowest BCUT2D eigenvalue weighted by Crippen LogP contribution is -1.96. The summed E-state index contributed by atoms with van der Waals surface area (Å²) < 4.78 is 11.7. The smallest absolute Gasteiger partial charge is 0.204 e. The highest BCUT2D eigenvalue weighted by molar-refractivity contribution is 7.22. The van der Waals surface area contributed by atoms with Crippen LogP contribution >= 0.6 is 11.3 Å². The average molecular weight is 313 g/mol. The van der Waals surface area contributed by atoms with E-state index in [9.17, 15) is 0 Å². The number of anilines is 1. The number of fused-ring (bicyclic) bond motifs is 1. The first-order valence-corrected chi connectivity index (χ1v) is 7.49. The van der Waals surface area contributed by atoms with Crippen LogP contribution in [0.15, 0.2) is 47.6 Å². The summed E-state index contributed by atoms with van der Waals surface area (Å²) in [5, 5.41) is 4.98. The monoisotopic (exact) mass is 313 g/mol. The number of aromatic nitrogens is 1. The fourth-order valence-electron chi connectivity index (χ4n) is 2.09. The van der Waals surface area contributed by atoms with E-state index in [-0.39, 0.29) is 0 Å². The van der Waals surface area contributed by atoms with Crippen molar-refractivity contribution in [2.45, 2.75) is 0 Å². The van der Waals surface area contributed by atoms with Gasteiger partial charge in [0, 0.05) is 5.56 Å². The minimum absolute atomic E-state index is 0.653. The van der Waals surface area contributed by atoms with Crippen LogP contribution in [0.25, 0.3) is 10.2 Å². The van der Waals surface area contributed by atoms with Gasteiger partial charge in [0.15, 0.2) is 11.5 Å². The van der Waals surface area contributed by atoms with Gasteiger partial charge in [-0.15, -0.1) is 0 Å². The number of para-hydroxylation sites is 2. The molecule has 6 heteroatoms. The molecule has 2 aromatic carbocycles. The van der Waals surface area contributed by atoms with Crippen molar-refractivity contribution in [3.05, 3.63) is 48.0 Å². The quantitative estimate of drug-likeness (QED) is 0.575. The van der Waals surface area contributed by atoms with E-state index in [1.165, 1.54) is 0 Å². The van der Waals surface area contributed by atoms with Crippen LogP contribution in [0.1, 0.15) is 5.56 Å². The molecule has 0 aliphatic carbocycles. The highest BCUT2D eigenvalue weighted by atomic mass is 32.1. The molecule has 5 nitrogen and oxygen atoms in total. The van der Waals surface area contributed by atoms with E-state index in [1.807, 2.05) is 42.5 Å². The molecule has 0 saturated heterocycles. The van der Waals surface area contributed by atoms with Crippen LogP contribution in [0.2, 0.25) is 0 Å². The van der Waals surface area contributed by atoms with Crippen LogP contribution in [0.5, 0.6) is 11.5 Å². The van der Waals surface area contributed by atoms with Crippen LogP contribution in [-0.4, -0.2) is 25.4 Å². The summed E-state index contributed by atoms with van der Waals surface area (Å²) in [5.74, 6) is 1.33. The van der Waals surface area contributed by atoms with Crippen molar-refractivity contribution in [2.75, 3.05) is 19.6 Å². The second kappa shape index (κ2) is 6.44. The zero-order valence-corrected chi connectivity index (χ0v) is 13.1. The molecule has 0 spiro atoms. The predicted molar refractivity (Wildman–Crippen MR) is 90.4 cm³/mol. The number of nitrogens with one attached hydrogen (secondary N) is 1. The summed E-state index contributed by atoms with van der Waals surface area (Å²) in [5.41, 5.74) is 4.74. The second-order valence-corrected chi connectivity index (χ2v) is 5.47. The van der Waals surface area contributed by atoms with Gasteiger partial charge in [0.2, 0.25) is 5.13 Å². The van der Waals surface area contributed by atoms with E-state index < -0.39 is 0 Å². The summed E-state index contributed by atoms with van der Waals surface area (Å²) >= 11 is 1.56. The Hall–Kier alpha value is -2.60. The van der Waals surface area contributed by atoms with E-state index in [0.29, 0.717) is 11.5 Å². The Bertz CT molecular complexity index is 781. The number of benzene rings is 2. The fraction of sp³-hybridized carbons (Fsp3) is 0.125. The molecular formula is C16H15N3O2S. The van der Waals surface area contributed by atoms with Crippen LogP contribution in [0, 0.1) is 0 Å². The summed E-state index contributed by atoms with van der Waals surface area (Å²) in [6.07, 6.45) is 1.69. The topological polar surface area (TPSA) is 55.7 Å². The van der Waals surface area contributed by atoms with E-state index >= 15 is 0 Å². The fourth-order valence-corrected chi connectivity index (χ4v) is 2.91. The van der Waals surface area contributed by atoms with Gasteiger partial charge in [0.05, 0.1) is 30.7 Å². The molecule has 3 aromatic rings. The molecular weight excluding hydrogens is 298 g/mol. The van der Waals surface area contributed by atoms with Gasteiger partial charge in [-0.1, -0.05) is 29.5 Å². The van der Waals surface area contributed by atoms with Crippen molar-refractivity contribution < 1.29 is 9.47 Å². The summed E-state index contributed by atoms with van der Waals surface area (Å²) in [4.78, 5) is 4.46. The Kier molecular flexibility index (Phi) is 4.20. The van der Waals surface area contributed by atoms with Crippen molar-refractivity contribution in [1.82, 2.24) is 4.98 Å². The molecule has 0 bridgehead atoms. The normalized spacial score (nSPS) is 11.0. The van der Waals surface area contributed by atoms with Crippen molar-refractivity contribution >= 4 is 32.9 Å². The number of hydrogen-bond donors (Lipinski definition) is 1. The predicted octanol–water partition coefficient (Wildman–Crippen LogP) is 3.76. The first-order valence-electron chi connectivity index (χ1n) is 6.67. The average Bonchev–Trinajstić information content (AvgIpc) is 2.97. The van der Waals surface area contributed by atoms with Gasteiger partial charge < -0.3 is 9.47 Å². The molecule has 0 aliphatic heterocycles. The van der Waals surface area contributed by atoms with Crippen LogP contribution in [0.3, 0.4) is 0 Å². The maximum atomic E-state index is 5.36. The Morgan fingerprint density at radius 1 is 1.09 bits per heavy atom.